The van der Waals surface area contributed by atoms with E-state index in [0.29, 0.717) is 5.92 Å². The predicted molar refractivity (Wildman–Crippen MR) is 78.6 cm³/mol. The van der Waals surface area contributed by atoms with E-state index in [1.54, 1.807) is 0 Å². The van der Waals surface area contributed by atoms with Crippen molar-refractivity contribution in [1.82, 2.24) is 0 Å². The number of nitrogens with two attached hydrogens (primary N) is 1. The highest BCUT2D eigenvalue weighted by Crippen LogP contribution is 2.42. The maximum absolute atomic E-state index is 6.72. The van der Waals surface area contributed by atoms with Gasteiger partial charge in [-0.2, -0.15) is 0 Å². The normalized spacial score (nSPS) is 27.3. The number of rotatable bonds is 4. The van der Waals surface area contributed by atoms with Gasteiger partial charge in [0.1, 0.15) is 0 Å². The fourth-order valence-electron chi connectivity index (χ4n) is 3.23. The van der Waals surface area contributed by atoms with Crippen molar-refractivity contribution in [3.63, 3.8) is 0 Å². The summed E-state index contributed by atoms with van der Waals surface area (Å²) >= 11 is 0. The summed E-state index contributed by atoms with van der Waals surface area (Å²) < 4.78 is 0. The van der Waals surface area contributed by atoms with E-state index < -0.39 is 0 Å². The Morgan fingerprint density at radius 1 is 1.33 bits per heavy atom. The number of fused-ring (bicyclic) bond motifs is 1. The lowest BCUT2D eigenvalue weighted by Gasteiger charge is -2.39. The van der Waals surface area contributed by atoms with Gasteiger partial charge in [0.15, 0.2) is 0 Å². The van der Waals surface area contributed by atoms with Crippen molar-refractivity contribution < 1.29 is 0 Å². The summed E-state index contributed by atoms with van der Waals surface area (Å²) in [5.74, 6) is 1.45. The Hall–Kier alpha value is -0.820. The summed E-state index contributed by atoms with van der Waals surface area (Å²) in [4.78, 5) is 0. The number of hydrogen-bond donors (Lipinski definition) is 1. The molecule has 0 saturated heterocycles. The Kier molecular flexibility index (Phi) is 4.11. The fourth-order valence-corrected chi connectivity index (χ4v) is 3.23. The van der Waals surface area contributed by atoms with E-state index in [0.717, 1.165) is 18.8 Å². The molecule has 0 radical (unpaired) electrons. The Morgan fingerprint density at radius 2 is 2.06 bits per heavy atom. The summed E-state index contributed by atoms with van der Waals surface area (Å²) in [5.41, 5.74) is 9.54. The predicted octanol–water partition coefficient (Wildman–Crippen LogP) is 4.56. The molecule has 100 valence electrons. The van der Waals surface area contributed by atoms with Gasteiger partial charge < -0.3 is 5.73 Å². The molecule has 0 saturated carbocycles. The Morgan fingerprint density at radius 3 is 2.78 bits per heavy atom. The third kappa shape index (κ3) is 2.77. The SMILES string of the molecule is CC(C)CCCC1(N)CCC(C)c2ccccc21. The molecule has 1 aliphatic carbocycles. The van der Waals surface area contributed by atoms with E-state index in [-0.39, 0.29) is 5.54 Å². The molecule has 0 aliphatic heterocycles. The minimum atomic E-state index is -0.0714. The maximum Gasteiger partial charge on any atom is 0.0412 e. The molecule has 1 nitrogen and oxygen atoms in total. The summed E-state index contributed by atoms with van der Waals surface area (Å²) in [6.07, 6.45) is 6.04. The first-order valence-electron chi connectivity index (χ1n) is 7.41. The van der Waals surface area contributed by atoms with Gasteiger partial charge in [0, 0.05) is 5.54 Å². The van der Waals surface area contributed by atoms with Gasteiger partial charge in [0.2, 0.25) is 0 Å². The van der Waals surface area contributed by atoms with Gasteiger partial charge in [-0.15, -0.1) is 0 Å². The molecule has 2 atom stereocenters. The van der Waals surface area contributed by atoms with Crippen molar-refractivity contribution in [1.29, 1.82) is 0 Å². The van der Waals surface area contributed by atoms with Crippen molar-refractivity contribution in [3.8, 4) is 0 Å². The van der Waals surface area contributed by atoms with Gasteiger partial charge in [0.05, 0.1) is 0 Å². The first-order chi connectivity index (χ1) is 8.53. The second-order valence-electron chi connectivity index (χ2n) is 6.47. The van der Waals surface area contributed by atoms with E-state index in [1.807, 2.05) is 0 Å². The van der Waals surface area contributed by atoms with Crippen LogP contribution in [0.25, 0.3) is 0 Å². The van der Waals surface area contributed by atoms with Gasteiger partial charge in [-0.3, -0.25) is 0 Å². The molecule has 0 spiro atoms. The van der Waals surface area contributed by atoms with Crippen molar-refractivity contribution in [2.75, 3.05) is 0 Å². The van der Waals surface area contributed by atoms with Crippen LogP contribution in [0.3, 0.4) is 0 Å². The van der Waals surface area contributed by atoms with E-state index in [2.05, 4.69) is 45.0 Å². The lowest BCUT2D eigenvalue weighted by atomic mass is 9.70. The van der Waals surface area contributed by atoms with Crippen LogP contribution in [0.15, 0.2) is 24.3 Å². The smallest absolute Gasteiger partial charge is 0.0412 e. The molecule has 2 rings (SSSR count). The lowest BCUT2D eigenvalue weighted by Crippen LogP contribution is -2.40. The monoisotopic (exact) mass is 245 g/mol. The van der Waals surface area contributed by atoms with Gasteiger partial charge in [0.25, 0.3) is 0 Å². The highest BCUT2D eigenvalue weighted by molar-refractivity contribution is 5.38. The average molecular weight is 245 g/mol. The zero-order valence-electron chi connectivity index (χ0n) is 12.1. The molecular weight excluding hydrogens is 218 g/mol. The van der Waals surface area contributed by atoms with Gasteiger partial charge >= 0.3 is 0 Å². The Bertz CT molecular complexity index is 396. The molecule has 1 aromatic rings. The molecule has 0 amide bonds. The van der Waals surface area contributed by atoms with E-state index >= 15 is 0 Å². The molecule has 1 aromatic carbocycles. The van der Waals surface area contributed by atoms with Gasteiger partial charge in [-0.1, -0.05) is 57.9 Å². The van der Waals surface area contributed by atoms with Crippen LogP contribution in [0.2, 0.25) is 0 Å². The van der Waals surface area contributed by atoms with Crippen molar-refractivity contribution in [2.45, 2.75) is 64.3 Å². The second-order valence-corrected chi connectivity index (χ2v) is 6.47. The highest BCUT2D eigenvalue weighted by Gasteiger charge is 2.34. The van der Waals surface area contributed by atoms with Crippen LogP contribution < -0.4 is 5.73 Å². The topological polar surface area (TPSA) is 26.0 Å². The highest BCUT2D eigenvalue weighted by atomic mass is 14.7. The largest absolute Gasteiger partial charge is 0.321 e. The van der Waals surface area contributed by atoms with Crippen LogP contribution >= 0.6 is 0 Å². The molecule has 0 aromatic heterocycles. The molecule has 2 N–H and O–H groups in total. The summed E-state index contributed by atoms with van der Waals surface area (Å²) in [6, 6.07) is 8.81. The number of benzene rings is 1. The minimum Gasteiger partial charge on any atom is -0.321 e. The van der Waals surface area contributed by atoms with Crippen LogP contribution in [0.5, 0.6) is 0 Å². The summed E-state index contributed by atoms with van der Waals surface area (Å²) in [7, 11) is 0. The van der Waals surface area contributed by atoms with Gasteiger partial charge in [-0.25, -0.2) is 0 Å². The van der Waals surface area contributed by atoms with Crippen LogP contribution in [0.1, 0.15) is 69.9 Å². The van der Waals surface area contributed by atoms with E-state index in [1.165, 1.54) is 30.4 Å². The Labute approximate surface area is 112 Å². The maximum atomic E-state index is 6.72. The van der Waals surface area contributed by atoms with E-state index in [4.69, 9.17) is 5.73 Å². The molecule has 0 heterocycles. The van der Waals surface area contributed by atoms with Crippen molar-refractivity contribution >= 4 is 0 Å². The fraction of sp³-hybridized carbons (Fsp3) is 0.647. The lowest BCUT2D eigenvalue weighted by molar-refractivity contribution is 0.311. The molecule has 0 bridgehead atoms. The zero-order chi connectivity index (χ0) is 13.2. The minimum absolute atomic E-state index is 0.0714. The first-order valence-corrected chi connectivity index (χ1v) is 7.41. The quantitative estimate of drug-likeness (QED) is 0.826. The van der Waals surface area contributed by atoms with Crippen LogP contribution in [-0.2, 0) is 5.54 Å². The van der Waals surface area contributed by atoms with Crippen LogP contribution in [0, 0.1) is 5.92 Å². The third-order valence-corrected chi connectivity index (χ3v) is 4.46. The number of hydrogen-bond acceptors (Lipinski definition) is 1. The van der Waals surface area contributed by atoms with Crippen LogP contribution in [0.4, 0.5) is 0 Å². The zero-order valence-corrected chi connectivity index (χ0v) is 12.1. The standard InChI is InChI=1S/C17H27N/c1-13(2)7-6-11-17(18)12-10-14(3)15-8-4-5-9-16(15)17/h4-5,8-9,13-14H,6-7,10-12,18H2,1-3H3. The van der Waals surface area contributed by atoms with Crippen LogP contribution in [-0.4, -0.2) is 0 Å². The second kappa shape index (κ2) is 5.44. The van der Waals surface area contributed by atoms with Crippen molar-refractivity contribution in [3.05, 3.63) is 35.4 Å². The molecular formula is C17H27N. The molecule has 0 fully saturated rings. The molecule has 18 heavy (non-hydrogen) atoms. The van der Waals surface area contributed by atoms with E-state index in [9.17, 15) is 0 Å². The third-order valence-electron chi connectivity index (χ3n) is 4.46. The summed E-state index contributed by atoms with van der Waals surface area (Å²) in [5, 5.41) is 0. The van der Waals surface area contributed by atoms with Gasteiger partial charge in [-0.05, 0) is 42.2 Å². The Balaban J connectivity index is 2.16. The van der Waals surface area contributed by atoms with Crippen molar-refractivity contribution in [2.24, 2.45) is 11.7 Å². The average Bonchev–Trinajstić information content (AvgIpc) is 2.34. The molecule has 2 unspecified atom stereocenters. The molecule has 1 heteroatoms. The first kappa shape index (κ1) is 13.6. The molecule has 1 aliphatic rings. The summed E-state index contributed by atoms with van der Waals surface area (Å²) in [6.45, 7) is 6.91.